The molecule has 0 saturated carbocycles. The van der Waals surface area contributed by atoms with Gasteiger partial charge in [0.05, 0.1) is 10.7 Å². The molecule has 0 aliphatic carbocycles. The molecule has 0 aliphatic rings. The van der Waals surface area contributed by atoms with E-state index in [1.165, 1.54) is 0 Å². The average molecular weight is 268 g/mol. The lowest BCUT2D eigenvalue weighted by Crippen LogP contribution is -2.38. The van der Waals surface area contributed by atoms with Crippen LogP contribution in [0.3, 0.4) is 0 Å². The van der Waals surface area contributed by atoms with Crippen molar-refractivity contribution in [3.8, 4) is 0 Å². The number of thiocarbonyl (C=S) groups is 1. The maximum absolute atomic E-state index is 12.3. The molecule has 1 atom stereocenters. The average Bonchev–Trinajstić information content (AvgIpc) is 2.63. The van der Waals surface area contributed by atoms with Crippen molar-refractivity contribution in [3.05, 3.63) is 17.5 Å². The largest absolute Gasteiger partial charge is 0.393 e. The molecule has 1 heterocycles. The summed E-state index contributed by atoms with van der Waals surface area (Å²) in [5.74, 6) is -0.0260. The second-order valence-corrected chi connectivity index (χ2v) is 4.91. The van der Waals surface area contributed by atoms with Crippen molar-refractivity contribution in [3.63, 3.8) is 0 Å². The number of nitrogens with zero attached hydrogens (tertiary/aromatic N) is 3. The Balaban J connectivity index is 2.86. The highest BCUT2D eigenvalue weighted by Gasteiger charge is 2.20. The first-order valence-corrected chi connectivity index (χ1v) is 6.36. The molecular formula is C12H20N4OS. The van der Waals surface area contributed by atoms with Crippen molar-refractivity contribution in [2.24, 2.45) is 18.7 Å². The Morgan fingerprint density at radius 3 is 2.67 bits per heavy atom. The van der Waals surface area contributed by atoms with Gasteiger partial charge in [0.2, 0.25) is 0 Å². The minimum absolute atomic E-state index is 0.0122. The highest BCUT2D eigenvalue weighted by Crippen LogP contribution is 2.09. The molecule has 1 rings (SSSR count). The van der Waals surface area contributed by atoms with Crippen LogP contribution in [0.15, 0.2) is 6.07 Å². The number of nitrogens with two attached hydrogens (primary N) is 1. The second-order valence-electron chi connectivity index (χ2n) is 4.44. The van der Waals surface area contributed by atoms with Gasteiger partial charge < -0.3 is 10.6 Å². The molecule has 18 heavy (non-hydrogen) atoms. The summed E-state index contributed by atoms with van der Waals surface area (Å²) in [5.41, 5.74) is 7.01. The van der Waals surface area contributed by atoms with Crippen LogP contribution in [0.4, 0.5) is 0 Å². The number of aromatic nitrogens is 2. The van der Waals surface area contributed by atoms with E-state index in [0.717, 1.165) is 5.69 Å². The maximum atomic E-state index is 12.3. The van der Waals surface area contributed by atoms with Gasteiger partial charge in [0.1, 0.15) is 5.69 Å². The first-order valence-electron chi connectivity index (χ1n) is 5.96. The highest BCUT2D eigenvalue weighted by molar-refractivity contribution is 7.80. The van der Waals surface area contributed by atoms with Crippen LogP contribution in [0.25, 0.3) is 0 Å². The fourth-order valence-electron chi connectivity index (χ4n) is 1.75. The topological polar surface area (TPSA) is 64.2 Å². The van der Waals surface area contributed by atoms with Crippen LogP contribution >= 0.6 is 12.2 Å². The van der Waals surface area contributed by atoms with E-state index in [-0.39, 0.29) is 11.8 Å². The molecule has 100 valence electrons. The Morgan fingerprint density at radius 1 is 1.67 bits per heavy atom. The maximum Gasteiger partial charge on any atom is 0.272 e. The lowest BCUT2D eigenvalue weighted by atomic mass is 10.1. The number of hydrogen-bond acceptors (Lipinski definition) is 3. The lowest BCUT2D eigenvalue weighted by molar-refractivity contribution is 0.0744. The minimum Gasteiger partial charge on any atom is -0.393 e. The SMILES string of the molecule is CCN(CC(C)C(N)=S)C(=O)c1cc(C)nn1C. The molecule has 1 aromatic rings. The molecule has 0 aromatic carbocycles. The summed E-state index contributed by atoms with van der Waals surface area (Å²) >= 11 is 4.94. The lowest BCUT2D eigenvalue weighted by Gasteiger charge is -2.24. The number of rotatable bonds is 5. The van der Waals surface area contributed by atoms with Crippen molar-refractivity contribution in [2.45, 2.75) is 20.8 Å². The summed E-state index contributed by atoms with van der Waals surface area (Å²) < 4.78 is 1.60. The first-order chi connectivity index (χ1) is 8.36. The van der Waals surface area contributed by atoms with E-state index in [9.17, 15) is 4.79 Å². The fraction of sp³-hybridized carbons (Fsp3) is 0.583. The number of aryl methyl sites for hydroxylation is 2. The van der Waals surface area contributed by atoms with Gasteiger partial charge in [-0.1, -0.05) is 19.1 Å². The van der Waals surface area contributed by atoms with Gasteiger partial charge in [0.15, 0.2) is 0 Å². The number of carbonyl (C=O) groups is 1. The van der Waals surface area contributed by atoms with Gasteiger partial charge in [-0.15, -0.1) is 0 Å². The molecule has 0 spiro atoms. The van der Waals surface area contributed by atoms with E-state index >= 15 is 0 Å². The predicted molar refractivity (Wildman–Crippen MR) is 75.5 cm³/mol. The van der Waals surface area contributed by atoms with Crippen LogP contribution in [-0.2, 0) is 7.05 Å². The van der Waals surface area contributed by atoms with Gasteiger partial charge in [-0.25, -0.2) is 0 Å². The zero-order valence-corrected chi connectivity index (χ0v) is 12.1. The van der Waals surface area contributed by atoms with Gasteiger partial charge in [-0.2, -0.15) is 5.10 Å². The van der Waals surface area contributed by atoms with E-state index in [0.29, 0.717) is 23.8 Å². The number of amides is 1. The molecule has 1 aromatic heterocycles. The normalized spacial score (nSPS) is 12.2. The Hall–Kier alpha value is -1.43. The van der Waals surface area contributed by atoms with Crippen LogP contribution in [0.2, 0.25) is 0 Å². The molecule has 6 heteroatoms. The molecule has 5 nitrogen and oxygen atoms in total. The third kappa shape index (κ3) is 3.29. The summed E-state index contributed by atoms with van der Waals surface area (Å²) in [6, 6.07) is 1.79. The molecule has 0 aliphatic heterocycles. The molecule has 1 unspecified atom stereocenters. The van der Waals surface area contributed by atoms with Gasteiger partial charge in [-0.05, 0) is 19.9 Å². The van der Waals surface area contributed by atoms with E-state index in [4.69, 9.17) is 18.0 Å². The van der Waals surface area contributed by atoms with E-state index < -0.39 is 0 Å². The van der Waals surface area contributed by atoms with Gasteiger partial charge >= 0.3 is 0 Å². The van der Waals surface area contributed by atoms with Crippen LogP contribution in [0, 0.1) is 12.8 Å². The van der Waals surface area contributed by atoms with Crippen molar-refractivity contribution < 1.29 is 4.79 Å². The summed E-state index contributed by atoms with van der Waals surface area (Å²) in [6.07, 6.45) is 0. The zero-order chi connectivity index (χ0) is 13.9. The van der Waals surface area contributed by atoms with E-state index in [2.05, 4.69) is 5.10 Å². The quantitative estimate of drug-likeness (QED) is 0.813. The second kappa shape index (κ2) is 5.95. The molecule has 0 fully saturated rings. The number of hydrogen-bond donors (Lipinski definition) is 1. The molecule has 0 bridgehead atoms. The van der Waals surface area contributed by atoms with Crippen LogP contribution in [0.5, 0.6) is 0 Å². The molecule has 0 radical (unpaired) electrons. The zero-order valence-electron chi connectivity index (χ0n) is 11.3. The van der Waals surface area contributed by atoms with Crippen molar-refractivity contribution in [1.82, 2.24) is 14.7 Å². The standard InChI is InChI=1S/C12H20N4OS/c1-5-16(7-8(2)11(13)18)12(17)10-6-9(3)14-15(10)4/h6,8H,5,7H2,1-4H3,(H2,13,18). The minimum atomic E-state index is -0.0382. The molecule has 0 saturated heterocycles. The van der Waals surface area contributed by atoms with Gasteiger partial charge in [-0.3, -0.25) is 9.48 Å². The van der Waals surface area contributed by atoms with Crippen molar-refractivity contribution >= 4 is 23.1 Å². The molecular weight excluding hydrogens is 248 g/mol. The Bertz CT molecular complexity index is 455. The Kier molecular flexibility index (Phi) is 4.84. The third-order valence-electron chi connectivity index (χ3n) is 2.87. The molecule has 2 N–H and O–H groups in total. The Morgan fingerprint density at radius 2 is 2.28 bits per heavy atom. The van der Waals surface area contributed by atoms with Crippen LogP contribution in [-0.4, -0.2) is 38.7 Å². The highest BCUT2D eigenvalue weighted by atomic mass is 32.1. The summed E-state index contributed by atoms with van der Waals surface area (Å²) in [4.78, 5) is 14.5. The van der Waals surface area contributed by atoms with E-state index in [1.54, 1.807) is 22.7 Å². The summed E-state index contributed by atoms with van der Waals surface area (Å²) in [7, 11) is 1.77. The summed E-state index contributed by atoms with van der Waals surface area (Å²) in [6.45, 7) is 6.88. The van der Waals surface area contributed by atoms with Crippen LogP contribution in [0.1, 0.15) is 30.0 Å². The fourth-order valence-corrected chi connectivity index (χ4v) is 1.82. The first kappa shape index (κ1) is 14.6. The van der Waals surface area contributed by atoms with Gasteiger partial charge in [0, 0.05) is 26.1 Å². The monoisotopic (exact) mass is 268 g/mol. The summed E-state index contributed by atoms with van der Waals surface area (Å²) in [5, 5.41) is 4.18. The molecule has 1 amide bonds. The predicted octanol–water partition coefficient (Wildman–Crippen LogP) is 1.11. The third-order valence-corrected chi connectivity index (χ3v) is 3.27. The smallest absolute Gasteiger partial charge is 0.272 e. The van der Waals surface area contributed by atoms with Crippen LogP contribution < -0.4 is 5.73 Å². The Labute approximate surface area is 113 Å². The van der Waals surface area contributed by atoms with Crippen molar-refractivity contribution in [2.75, 3.05) is 13.1 Å². The number of carbonyl (C=O) groups excluding carboxylic acids is 1. The van der Waals surface area contributed by atoms with E-state index in [1.807, 2.05) is 20.8 Å². The van der Waals surface area contributed by atoms with Gasteiger partial charge in [0.25, 0.3) is 5.91 Å². The van der Waals surface area contributed by atoms with Crippen molar-refractivity contribution in [1.29, 1.82) is 0 Å².